The third-order valence-electron chi connectivity index (χ3n) is 10.1. The smallest absolute Gasteiger partial charge is 0.410 e. The minimum absolute atomic E-state index is 0.00496. The fourth-order valence-electron chi connectivity index (χ4n) is 7.30. The van der Waals surface area contributed by atoms with Crippen LogP contribution in [0.1, 0.15) is 75.4 Å². The molecule has 0 radical (unpaired) electrons. The maximum Gasteiger partial charge on any atom is 0.410 e. The van der Waals surface area contributed by atoms with Crippen LogP contribution < -0.4 is 10.6 Å². The zero-order chi connectivity index (χ0) is 40.5. The molecule has 0 aromatic heterocycles. The van der Waals surface area contributed by atoms with Crippen molar-refractivity contribution < 1.29 is 57.3 Å². The number of rotatable bonds is 14. The van der Waals surface area contributed by atoms with Gasteiger partial charge in [-0.05, 0) is 60.2 Å². The van der Waals surface area contributed by atoms with Gasteiger partial charge in [0, 0.05) is 43.2 Å². The monoisotopic (exact) mass is 792 g/mol. The Morgan fingerprint density at radius 3 is 1.86 bits per heavy atom. The van der Waals surface area contributed by atoms with Gasteiger partial charge in [-0.3, -0.25) is 33.4 Å². The standard InChI is InChI=1S/C39H45N4O12P/c1-53-33(44)18-21-40-35(46)28-12-10-27(11-13-28)31-20-24-43(37(48)32-9-6-23-42(32)38(49)55-25-26-7-4-3-5-8-26)39(31,56(50,51)52)30-16-14-29(15-17-30)36(47)41-22-19-34(45)54-2/h3-5,7-8,10-17,31-32H,6,9,18-25H2,1-2H3,(H,40,46)(H,41,47)(H2,50,51,52)/t31-,32-,39-/m0/s1. The lowest BCUT2D eigenvalue weighted by Gasteiger charge is -2.44. The van der Waals surface area contributed by atoms with Crippen LogP contribution in [0.25, 0.3) is 0 Å². The minimum Gasteiger partial charge on any atom is -0.469 e. The van der Waals surface area contributed by atoms with Crippen molar-refractivity contribution in [3.63, 3.8) is 0 Å². The molecule has 2 fully saturated rings. The second-order valence-electron chi connectivity index (χ2n) is 13.4. The lowest BCUT2D eigenvalue weighted by Crippen LogP contribution is -2.54. The number of methoxy groups -OCH3 is 2. The van der Waals surface area contributed by atoms with Crippen LogP contribution in [0.2, 0.25) is 0 Å². The molecular formula is C39H45N4O12P. The Balaban J connectivity index is 1.48. The first-order valence-corrected chi connectivity index (χ1v) is 19.7. The average Bonchev–Trinajstić information content (AvgIpc) is 3.87. The quantitative estimate of drug-likeness (QED) is 0.105. The molecule has 2 saturated heterocycles. The summed E-state index contributed by atoms with van der Waals surface area (Å²) in [5.74, 6) is -3.71. The summed E-state index contributed by atoms with van der Waals surface area (Å²) in [6, 6.07) is 19.6. The van der Waals surface area contributed by atoms with Crippen molar-refractivity contribution in [3.05, 3.63) is 107 Å². The highest BCUT2D eigenvalue weighted by Gasteiger charge is 2.64. The first-order chi connectivity index (χ1) is 26.8. The number of carbonyl (C=O) groups is 6. The van der Waals surface area contributed by atoms with Crippen LogP contribution in [0.5, 0.6) is 0 Å². The summed E-state index contributed by atoms with van der Waals surface area (Å²) < 4.78 is 28.9. The Morgan fingerprint density at radius 2 is 1.32 bits per heavy atom. The molecule has 0 unspecified atom stereocenters. The molecule has 298 valence electrons. The van der Waals surface area contributed by atoms with E-state index in [0.29, 0.717) is 12.0 Å². The van der Waals surface area contributed by atoms with E-state index in [4.69, 9.17) is 4.74 Å². The van der Waals surface area contributed by atoms with Crippen LogP contribution in [0.15, 0.2) is 78.9 Å². The van der Waals surface area contributed by atoms with Crippen molar-refractivity contribution in [1.29, 1.82) is 0 Å². The summed E-state index contributed by atoms with van der Waals surface area (Å²) >= 11 is 0. The van der Waals surface area contributed by atoms with Crippen LogP contribution in [0.3, 0.4) is 0 Å². The highest BCUT2D eigenvalue weighted by atomic mass is 31.2. The van der Waals surface area contributed by atoms with Gasteiger partial charge in [0.1, 0.15) is 12.6 Å². The summed E-state index contributed by atoms with van der Waals surface area (Å²) in [5, 5.41) is 2.93. The van der Waals surface area contributed by atoms with Crippen LogP contribution in [0, 0.1) is 0 Å². The maximum atomic E-state index is 14.7. The molecule has 0 bridgehead atoms. The summed E-state index contributed by atoms with van der Waals surface area (Å²) in [6.07, 6.45) is -0.0318. The highest BCUT2D eigenvalue weighted by molar-refractivity contribution is 7.53. The molecular weight excluding hydrogens is 747 g/mol. The number of nitrogens with one attached hydrogen (secondary N) is 2. The Labute approximate surface area is 323 Å². The zero-order valence-electron chi connectivity index (χ0n) is 31.0. The van der Waals surface area contributed by atoms with Crippen LogP contribution in [-0.2, 0) is 45.0 Å². The van der Waals surface area contributed by atoms with Gasteiger partial charge in [0.05, 0.1) is 27.1 Å². The number of hydrogen-bond acceptors (Lipinski definition) is 10. The predicted molar refractivity (Wildman–Crippen MR) is 200 cm³/mol. The van der Waals surface area contributed by atoms with Gasteiger partial charge < -0.3 is 39.5 Å². The summed E-state index contributed by atoms with van der Waals surface area (Å²) in [7, 11) is -2.90. The summed E-state index contributed by atoms with van der Waals surface area (Å²) in [5.41, 5.74) is 1.58. The summed E-state index contributed by atoms with van der Waals surface area (Å²) in [6.45, 7) is 0.106. The minimum atomic E-state index is -5.37. The van der Waals surface area contributed by atoms with Crippen molar-refractivity contribution >= 4 is 43.3 Å². The van der Waals surface area contributed by atoms with Gasteiger partial charge in [0.2, 0.25) is 5.91 Å². The van der Waals surface area contributed by atoms with E-state index in [-0.39, 0.29) is 75.2 Å². The van der Waals surface area contributed by atoms with Crippen LogP contribution in [-0.4, -0.2) is 102 Å². The molecule has 0 spiro atoms. The van der Waals surface area contributed by atoms with Crippen LogP contribution in [0.4, 0.5) is 4.79 Å². The van der Waals surface area contributed by atoms with E-state index in [1.54, 1.807) is 36.4 Å². The molecule has 4 N–H and O–H groups in total. The first kappa shape index (κ1) is 41.6. The molecule has 2 aliphatic heterocycles. The number of esters is 2. The fraction of sp³-hybridized carbons (Fsp3) is 0.385. The van der Waals surface area contributed by atoms with Crippen molar-refractivity contribution in [2.24, 2.45) is 0 Å². The summed E-state index contributed by atoms with van der Waals surface area (Å²) in [4.78, 5) is 102. The normalized spacial score (nSPS) is 19.2. The Bertz CT molecular complexity index is 1950. The topological polar surface area (TPSA) is 218 Å². The van der Waals surface area contributed by atoms with Crippen molar-refractivity contribution in [2.45, 2.75) is 56.0 Å². The number of carbonyl (C=O) groups excluding carboxylic acids is 6. The molecule has 0 aliphatic carbocycles. The van der Waals surface area contributed by atoms with E-state index < -0.39 is 60.6 Å². The van der Waals surface area contributed by atoms with Gasteiger partial charge in [-0.1, -0.05) is 54.6 Å². The van der Waals surface area contributed by atoms with Crippen LogP contribution >= 0.6 is 7.60 Å². The molecule has 17 heteroatoms. The van der Waals surface area contributed by atoms with Gasteiger partial charge in [0.15, 0.2) is 5.28 Å². The Kier molecular flexibility index (Phi) is 13.6. The highest BCUT2D eigenvalue weighted by Crippen LogP contribution is 2.69. The number of ether oxygens (including phenoxy) is 3. The van der Waals surface area contributed by atoms with E-state index in [1.807, 2.05) is 6.07 Å². The van der Waals surface area contributed by atoms with Crippen molar-refractivity contribution in [3.8, 4) is 0 Å². The number of likely N-dealkylation sites (tertiary alicyclic amines) is 2. The third-order valence-corrected chi connectivity index (χ3v) is 11.8. The number of nitrogens with zero attached hydrogens (tertiary/aromatic N) is 2. The van der Waals surface area contributed by atoms with E-state index in [2.05, 4.69) is 20.1 Å². The van der Waals surface area contributed by atoms with Gasteiger partial charge >= 0.3 is 25.6 Å². The van der Waals surface area contributed by atoms with E-state index >= 15 is 0 Å². The fourth-order valence-corrected chi connectivity index (χ4v) is 8.99. The van der Waals surface area contributed by atoms with Gasteiger partial charge in [0.25, 0.3) is 11.8 Å². The SMILES string of the molecule is COC(=O)CCNC(=O)c1ccc([C@@H]2CCN(C(=O)[C@@H]3CCCN3C(=O)OCc3ccccc3)[C@@]2(c2ccc(C(=O)NCCC(=O)OC)cc2)P(=O)(O)O)cc1. The van der Waals surface area contributed by atoms with Gasteiger partial charge in [-0.25, -0.2) is 4.79 Å². The Morgan fingerprint density at radius 1 is 0.768 bits per heavy atom. The molecule has 4 amide bonds. The van der Waals surface area contributed by atoms with Gasteiger partial charge in [-0.2, -0.15) is 0 Å². The largest absolute Gasteiger partial charge is 0.469 e. The number of benzene rings is 3. The molecule has 3 aromatic rings. The average molecular weight is 793 g/mol. The number of hydrogen-bond donors (Lipinski definition) is 4. The molecule has 0 saturated carbocycles. The molecule has 16 nitrogen and oxygen atoms in total. The Hall–Kier alpha value is -5.57. The predicted octanol–water partition coefficient (Wildman–Crippen LogP) is 3.42. The van der Waals surface area contributed by atoms with Crippen molar-refractivity contribution in [1.82, 2.24) is 20.4 Å². The van der Waals surface area contributed by atoms with E-state index in [0.717, 1.165) is 10.5 Å². The molecule has 2 aliphatic rings. The first-order valence-electron chi connectivity index (χ1n) is 18.1. The van der Waals surface area contributed by atoms with E-state index in [1.165, 1.54) is 55.5 Å². The maximum absolute atomic E-state index is 14.7. The van der Waals surface area contributed by atoms with Crippen molar-refractivity contribution in [2.75, 3.05) is 40.4 Å². The lowest BCUT2D eigenvalue weighted by atomic mass is 9.85. The zero-order valence-corrected chi connectivity index (χ0v) is 31.9. The van der Waals surface area contributed by atoms with E-state index in [9.17, 15) is 43.1 Å². The molecule has 56 heavy (non-hydrogen) atoms. The van der Waals surface area contributed by atoms with Gasteiger partial charge in [-0.15, -0.1) is 0 Å². The third kappa shape index (κ3) is 9.10. The molecule has 5 rings (SSSR count). The molecule has 3 aromatic carbocycles. The lowest BCUT2D eigenvalue weighted by molar-refractivity contribution is -0.141. The molecule has 3 atom stereocenters. The second-order valence-corrected chi connectivity index (χ2v) is 15.1. The second kappa shape index (κ2) is 18.4. The number of amides is 4. The molecule has 2 heterocycles.